The molecule has 1 aromatic rings. The number of thioether (sulfide) groups is 1. The zero-order valence-corrected chi connectivity index (χ0v) is 12.4. The fraction of sp³-hybridized carbons (Fsp3) is 0.533. The van der Waals surface area contributed by atoms with Crippen LogP contribution in [0.15, 0.2) is 23.1 Å². The monoisotopic (exact) mass is 297 g/mol. The van der Waals surface area contributed by atoms with Crippen LogP contribution < -0.4 is 5.32 Å². The standard InChI is InChI=1S/C15H20FNO2S/c1-20-14-8-11(4-7-13(14)16)15(19)17-12-5-2-10(9-18)3-6-12/h4,7-8,10,12,18H,2-3,5-6,9H2,1H3,(H,17,19). The highest BCUT2D eigenvalue weighted by Gasteiger charge is 2.22. The summed E-state index contributed by atoms with van der Waals surface area (Å²) in [6.07, 6.45) is 5.47. The van der Waals surface area contributed by atoms with E-state index in [-0.39, 0.29) is 24.4 Å². The Labute approximate surface area is 123 Å². The number of carbonyl (C=O) groups excluding carboxylic acids is 1. The Morgan fingerprint density at radius 2 is 2.10 bits per heavy atom. The number of hydrogen-bond donors (Lipinski definition) is 2. The Balaban J connectivity index is 1.95. The second-order valence-electron chi connectivity index (χ2n) is 5.22. The molecule has 3 nitrogen and oxygen atoms in total. The highest BCUT2D eigenvalue weighted by atomic mass is 32.2. The van der Waals surface area contributed by atoms with Crippen LogP contribution in [0.5, 0.6) is 0 Å². The number of amides is 1. The van der Waals surface area contributed by atoms with Crippen molar-refractivity contribution in [2.75, 3.05) is 12.9 Å². The van der Waals surface area contributed by atoms with Gasteiger partial charge in [-0.2, -0.15) is 0 Å². The molecule has 2 N–H and O–H groups in total. The molecule has 1 aromatic carbocycles. The van der Waals surface area contributed by atoms with Gasteiger partial charge in [0.1, 0.15) is 5.82 Å². The quantitative estimate of drug-likeness (QED) is 0.840. The van der Waals surface area contributed by atoms with E-state index in [1.54, 1.807) is 12.3 Å². The smallest absolute Gasteiger partial charge is 0.251 e. The van der Waals surface area contributed by atoms with Gasteiger partial charge in [0, 0.05) is 23.1 Å². The van der Waals surface area contributed by atoms with Crippen molar-refractivity contribution in [2.45, 2.75) is 36.6 Å². The lowest BCUT2D eigenvalue weighted by atomic mass is 9.86. The number of halogens is 1. The summed E-state index contributed by atoms with van der Waals surface area (Å²) in [5, 5.41) is 12.1. The summed E-state index contributed by atoms with van der Waals surface area (Å²) in [5.74, 6) is -0.0673. The molecular formula is C15H20FNO2S. The Morgan fingerprint density at radius 1 is 1.40 bits per heavy atom. The molecule has 0 radical (unpaired) electrons. The van der Waals surface area contributed by atoms with Crippen molar-refractivity contribution in [1.29, 1.82) is 0 Å². The molecule has 0 unspecified atom stereocenters. The highest BCUT2D eigenvalue weighted by Crippen LogP contribution is 2.24. The van der Waals surface area contributed by atoms with Gasteiger partial charge in [-0.15, -0.1) is 11.8 Å². The van der Waals surface area contributed by atoms with Gasteiger partial charge in [0.15, 0.2) is 0 Å². The molecule has 1 aliphatic rings. The molecule has 0 spiro atoms. The largest absolute Gasteiger partial charge is 0.396 e. The van der Waals surface area contributed by atoms with Crippen LogP contribution in [0, 0.1) is 11.7 Å². The summed E-state index contributed by atoms with van der Waals surface area (Å²) in [6.45, 7) is 0.232. The van der Waals surface area contributed by atoms with Crippen molar-refractivity contribution in [3.8, 4) is 0 Å². The molecule has 1 amide bonds. The van der Waals surface area contributed by atoms with Crippen LogP contribution >= 0.6 is 11.8 Å². The van der Waals surface area contributed by atoms with E-state index in [1.165, 1.54) is 23.9 Å². The van der Waals surface area contributed by atoms with Crippen molar-refractivity contribution < 1.29 is 14.3 Å². The van der Waals surface area contributed by atoms with Crippen LogP contribution in [0.25, 0.3) is 0 Å². The van der Waals surface area contributed by atoms with E-state index >= 15 is 0 Å². The van der Waals surface area contributed by atoms with Gasteiger partial charge in [0.05, 0.1) is 0 Å². The van der Waals surface area contributed by atoms with Crippen LogP contribution in [0.2, 0.25) is 0 Å². The fourth-order valence-corrected chi connectivity index (χ4v) is 3.07. The summed E-state index contributed by atoms with van der Waals surface area (Å²) < 4.78 is 13.4. The van der Waals surface area contributed by atoms with Crippen LogP contribution in [0.1, 0.15) is 36.0 Å². The molecule has 2 rings (SSSR count). The summed E-state index contributed by atoms with van der Waals surface area (Å²) in [4.78, 5) is 12.6. The van der Waals surface area contributed by atoms with Crippen molar-refractivity contribution in [2.24, 2.45) is 5.92 Å². The predicted molar refractivity (Wildman–Crippen MR) is 78.5 cm³/mol. The van der Waals surface area contributed by atoms with Gasteiger partial charge in [-0.3, -0.25) is 4.79 Å². The first-order chi connectivity index (χ1) is 9.63. The number of hydrogen-bond acceptors (Lipinski definition) is 3. The topological polar surface area (TPSA) is 49.3 Å². The minimum Gasteiger partial charge on any atom is -0.396 e. The van der Waals surface area contributed by atoms with Gasteiger partial charge >= 0.3 is 0 Å². The van der Waals surface area contributed by atoms with E-state index in [9.17, 15) is 9.18 Å². The van der Waals surface area contributed by atoms with E-state index in [0.29, 0.717) is 16.4 Å². The van der Waals surface area contributed by atoms with Crippen LogP contribution in [-0.4, -0.2) is 29.9 Å². The molecule has 0 aromatic heterocycles. The number of rotatable bonds is 4. The molecule has 0 saturated heterocycles. The summed E-state index contributed by atoms with van der Waals surface area (Å²) in [7, 11) is 0. The van der Waals surface area contributed by atoms with E-state index < -0.39 is 0 Å². The maximum absolute atomic E-state index is 13.4. The molecular weight excluding hydrogens is 277 g/mol. The average Bonchev–Trinajstić information content (AvgIpc) is 2.48. The summed E-state index contributed by atoms with van der Waals surface area (Å²) in [6, 6.07) is 4.61. The number of carbonyl (C=O) groups is 1. The van der Waals surface area contributed by atoms with Crippen molar-refractivity contribution in [3.05, 3.63) is 29.6 Å². The lowest BCUT2D eigenvalue weighted by Crippen LogP contribution is -2.38. The maximum Gasteiger partial charge on any atom is 0.251 e. The maximum atomic E-state index is 13.4. The van der Waals surface area contributed by atoms with Crippen molar-refractivity contribution in [1.82, 2.24) is 5.32 Å². The normalized spacial score (nSPS) is 22.6. The first-order valence-corrected chi connectivity index (χ1v) is 8.11. The summed E-state index contributed by atoms with van der Waals surface area (Å²) in [5.41, 5.74) is 0.500. The molecule has 0 bridgehead atoms. The highest BCUT2D eigenvalue weighted by molar-refractivity contribution is 7.98. The first-order valence-electron chi connectivity index (χ1n) is 6.89. The van der Waals surface area contributed by atoms with Crippen LogP contribution in [0.3, 0.4) is 0 Å². The van der Waals surface area contributed by atoms with Gasteiger partial charge in [0.2, 0.25) is 0 Å². The molecule has 0 atom stereocenters. The van der Waals surface area contributed by atoms with E-state index in [2.05, 4.69) is 5.32 Å². The zero-order chi connectivity index (χ0) is 14.5. The van der Waals surface area contributed by atoms with E-state index in [4.69, 9.17) is 5.11 Å². The fourth-order valence-electron chi connectivity index (χ4n) is 2.56. The van der Waals surface area contributed by atoms with Gasteiger partial charge < -0.3 is 10.4 Å². The zero-order valence-electron chi connectivity index (χ0n) is 11.6. The molecule has 20 heavy (non-hydrogen) atoms. The Hall–Kier alpha value is -1.07. The van der Waals surface area contributed by atoms with Crippen LogP contribution in [-0.2, 0) is 0 Å². The third kappa shape index (κ3) is 3.73. The van der Waals surface area contributed by atoms with E-state index in [0.717, 1.165) is 25.7 Å². The molecule has 110 valence electrons. The van der Waals surface area contributed by atoms with E-state index in [1.807, 2.05) is 0 Å². The molecule has 0 heterocycles. The van der Waals surface area contributed by atoms with Crippen molar-refractivity contribution in [3.63, 3.8) is 0 Å². The Kier molecular flexibility index (Phi) is 5.43. The second kappa shape index (κ2) is 7.09. The van der Waals surface area contributed by atoms with Gasteiger partial charge in [0.25, 0.3) is 5.91 Å². The SMILES string of the molecule is CSc1cc(C(=O)NC2CCC(CO)CC2)ccc1F. The minimum atomic E-state index is -0.294. The van der Waals surface area contributed by atoms with Crippen molar-refractivity contribution >= 4 is 17.7 Å². The summed E-state index contributed by atoms with van der Waals surface area (Å²) >= 11 is 1.29. The molecule has 0 aliphatic heterocycles. The second-order valence-corrected chi connectivity index (χ2v) is 6.07. The average molecular weight is 297 g/mol. The molecule has 5 heteroatoms. The lowest BCUT2D eigenvalue weighted by molar-refractivity contribution is 0.0913. The Morgan fingerprint density at radius 3 is 2.70 bits per heavy atom. The Bertz CT molecular complexity index is 473. The third-order valence-corrected chi connectivity index (χ3v) is 4.61. The number of aliphatic hydroxyl groups is 1. The lowest BCUT2D eigenvalue weighted by Gasteiger charge is -2.28. The molecule has 1 fully saturated rings. The first kappa shape index (κ1) is 15.3. The number of nitrogens with one attached hydrogen (secondary N) is 1. The van der Waals surface area contributed by atoms with Gasteiger partial charge in [-0.05, 0) is 56.1 Å². The molecule has 1 aliphatic carbocycles. The van der Waals surface area contributed by atoms with Gasteiger partial charge in [-0.1, -0.05) is 0 Å². The molecule has 1 saturated carbocycles. The van der Waals surface area contributed by atoms with Gasteiger partial charge in [-0.25, -0.2) is 4.39 Å². The third-order valence-electron chi connectivity index (χ3n) is 3.85. The predicted octanol–water partition coefficient (Wildman–Crippen LogP) is 2.83. The number of benzene rings is 1. The number of aliphatic hydroxyl groups excluding tert-OH is 1. The minimum absolute atomic E-state index is 0.146. The van der Waals surface area contributed by atoms with Crippen LogP contribution in [0.4, 0.5) is 4.39 Å².